The van der Waals surface area contributed by atoms with Gasteiger partial charge in [-0.2, -0.15) is 0 Å². The van der Waals surface area contributed by atoms with E-state index in [0.717, 1.165) is 11.3 Å². The highest BCUT2D eigenvalue weighted by Gasteiger charge is 2.25. The van der Waals surface area contributed by atoms with Crippen LogP contribution in [0.5, 0.6) is 17.2 Å². The summed E-state index contributed by atoms with van der Waals surface area (Å²) in [6.07, 6.45) is 0.540. The number of ether oxygens (including phenoxy) is 3. The first-order valence-electron chi connectivity index (χ1n) is 7.74. The van der Waals surface area contributed by atoms with Crippen molar-refractivity contribution in [2.45, 2.75) is 11.3 Å². The predicted molar refractivity (Wildman–Crippen MR) is 96.1 cm³/mol. The van der Waals surface area contributed by atoms with Crippen molar-refractivity contribution in [3.05, 3.63) is 48.0 Å². The van der Waals surface area contributed by atoms with Gasteiger partial charge in [0.05, 0.1) is 21.3 Å². The number of nitrogens with zero attached hydrogens (tertiary/aromatic N) is 1. The fourth-order valence-corrected chi connectivity index (χ4v) is 3.77. The number of para-hydroxylation sites is 1. The zero-order valence-electron chi connectivity index (χ0n) is 14.9. The summed E-state index contributed by atoms with van der Waals surface area (Å²) in [5.74, 6) is 1.53. The average Bonchev–Trinajstić information content (AvgIpc) is 2.65. The lowest BCUT2D eigenvalue weighted by atomic mass is 10.1. The van der Waals surface area contributed by atoms with Crippen LogP contribution in [0.4, 0.5) is 0 Å². The summed E-state index contributed by atoms with van der Waals surface area (Å²) in [5.41, 5.74) is 0.953. The van der Waals surface area contributed by atoms with Gasteiger partial charge in [-0.1, -0.05) is 18.2 Å². The Morgan fingerprint density at radius 1 is 0.920 bits per heavy atom. The van der Waals surface area contributed by atoms with E-state index in [9.17, 15) is 8.42 Å². The molecule has 0 saturated carbocycles. The van der Waals surface area contributed by atoms with E-state index >= 15 is 0 Å². The summed E-state index contributed by atoms with van der Waals surface area (Å²) in [5, 5.41) is 0. The van der Waals surface area contributed by atoms with E-state index < -0.39 is 10.0 Å². The fourth-order valence-electron chi connectivity index (χ4n) is 2.46. The maximum absolute atomic E-state index is 12.9. The Labute approximate surface area is 149 Å². The maximum Gasteiger partial charge on any atom is 0.246 e. The second-order valence-corrected chi connectivity index (χ2v) is 7.42. The molecule has 0 bridgehead atoms. The molecule has 0 saturated heterocycles. The molecule has 0 spiro atoms. The van der Waals surface area contributed by atoms with Gasteiger partial charge in [0.15, 0.2) is 0 Å². The van der Waals surface area contributed by atoms with Crippen LogP contribution in [-0.4, -0.2) is 47.6 Å². The van der Waals surface area contributed by atoms with Crippen molar-refractivity contribution in [1.82, 2.24) is 4.31 Å². The molecule has 0 atom stereocenters. The first-order chi connectivity index (χ1) is 11.9. The second kappa shape index (κ2) is 8.22. The molecule has 0 aromatic heterocycles. The van der Waals surface area contributed by atoms with Crippen molar-refractivity contribution in [3.8, 4) is 17.2 Å². The van der Waals surface area contributed by atoms with Crippen molar-refractivity contribution >= 4 is 10.0 Å². The molecule has 6 nitrogen and oxygen atoms in total. The van der Waals surface area contributed by atoms with Crippen molar-refractivity contribution in [2.75, 3.05) is 34.9 Å². The van der Waals surface area contributed by atoms with Gasteiger partial charge < -0.3 is 14.2 Å². The fraction of sp³-hybridized carbons (Fsp3) is 0.333. The third-order valence-electron chi connectivity index (χ3n) is 3.95. The van der Waals surface area contributed by atoms with Gasteiger partial charge in [-0.25, -0.2) is 12.7 Å². The molecule has 2 aromatic carbocycles. The highest BCUT2D eigenvalue weighted by atomic mass is 32.2. The first-order valence-corrected chi connectivity index (χ1v) is 9.18. The smallest absolute Gasteiger partial charge is 0.246 e. The topological polar surface area (TPSA) is 65.1 Å². The van der Waals surface area contributed by atoms with Crippen LogP contribution >= 0.6 is 0 Å². The molecular formula is C18H23NO5S. The maximum atomic E-state index is 12.9. The summed E-state index contributed by atoms with van der Waals surface area (Å²) in [4.78, 5) is 0.110. The normalized spacial score (nSPS) is 11.4. The summed E-state index contributed by atoms with van der Waals surface area (Å²) < 4.78 is 42.7. The van der Waals surface area contributed by atoms with Crippen molar-refractivity contribution in [2.24, 2.45) is 0 Å². The van der Waals surface area contributed by atoms with E-state index in [1.54, 1.807) is 26.3 Å². The molecule has 0 aliphatic rings. The van der Waals surface area contributed by atoms with Gasteiger partial charge in [0.2, 0.25) is 10.0 Å². The quantitative estimate of drug-likeness (QED) is 0.719. The van der Waals surface area contributed by atoms with E-state index in [2.05, 4.69) is 0 Å². The number of hydrogen-bond donors (Lipinski definition) is 0. The number of benzene rings is 2. The van der Waals surface area contributed by atoms with Crippen LogP contribution in [0.2, 0.25) is 0 Å². The predicted octanol–water partition coefficient (Wildman–Crippen LogP) is 2.58. The summed E-state index contributed by atoms with van der Waals surface area (Å²) in [7, 11) is 2.41. The molecule has 2 rings (SSSR count). The zero-order valence-corrected chi connectivity index (χ0v) is 15.7. The Morgan fingerprint density at radius 2 is 1.60 bits per heavy atom. The lowest BCUT2D eigenvalue weighted by Crippen LogP contribution is -2.29. The molecule has 0 unspecified atom stereocenters. The SMILES string of the molecule is COc1ccc(S(=O)(=O)N(C)CCc2ccccc2OC)c(OC)c1. The summed E-state index contributed by atoms with van der Waals surface area (Å²) in [6, 6.07) is 12.2. The van der Waals surface area contributed by atoms with Crippen LogP contribution in [0.1, 0.15) is 5.56 Å². The van der Waals surface area contributed by atoms with Crippen LogP contribution in [0.3, 0.4) is 0 Å². The summed E-state index contributed by atoms with van der Waals surface area (Å²) in [6.45, 7) is 0.317. The minimum absolute atomic E-state index is 0.110. The van der Waals surface area contributed by atoms with E-state index in [1.165, 1.54) is 24.6 Å². The van der Waals surface area contributed by atoms with Gasteiger partial charge in [0, 0.05) is 19.7 Å². The Bertz CT molecular complexity index is 820. The minimum Gasteiger partial charge on any atom is -0.497 e. The Hall–Kier alpha value is -2.25. The molecule has 0 amide bonds. The van der Waals surface area contributed by atoms with Crippen LogP contribution in [0.25, 0.3) is 0 Å². The monoisotopic (exact) mass is 365 g/mol. The molecule has 0 heterocycles. The van der Waals surface area contributed by atoms with Gasteiger partial charge in [-0.15, -0.1) is 0 Å². The Balaban J connectivity index is 2.21. The Kier molecular flexibility index (Phi) is 6.27. The van der Waals surface area contributed by atoms with Crippen LogP contribution in [-0.2, 0) is 16.4 Å². The van der Waals surface area contributed by atoms with Crippen LogP contribution in [0, 0.1) is 0 Å². The highest BCUT2D eigenvalue weighted by Crippen LogP contribution is 2.30. The van der Waals surface area contributed by atoms with E-state index in [4.69, 9.17) is 14.2 Å². The van der Waals surface area contributed by atoms with Gasteiger partial charge in [0.25, 0.3) is 0 Å². The second-order valence-electron chi connectivity index (χ2n) is 5.41. The lowest BCUT2D eigenvalue weighted by Gasteiger charge is -2.19. The van der Waals surface area contributed by atoms with Crippen LogP contribution < -0.4 is 14.2 Å². The average molecular weight is 365 g/mol. The molecule has 0 fully saturated rings. The third-order valence-corrected chi connectivity index (χ3v) is 5.84. The van der Waals surface area contributed by atoms with Gasteiger partial charge in [-0.3, -0.25) is 0 Å². The standard InChI is InChI=1S/C18H23NO5S/c1-19(12-11-14-7-5-6-8-16(14)23-3)25(20,21)18-10-9-15(22-2)13-17(18)24-4/h5-10,13H,11-12H2,1-4H3. The molecule has 2 aromatic rings. The van der Waals surface area contributed by atoms with E-state index in [0.29, 0.717) is 18.7 Å². The minimum atomic E-state index is -3.68. The lowest BCUT2D eigenvalue weighted by molar-refractivity contribution is 0.383. The number of rotatable bonds is 8. The first kappa shape index (κ1) is 19.1. The van der Waals surface area contributed by atoms with Gasteiger partial charge in [-0.05, 0) is 30.2 Å². The molecule has 0 N–H and O–H groups in total. The molecule has 0 aliphatic heterocycles. The van der Waals surface area contributed by atoms with Crippen molar-refractivity contribution in [1.29, 1.82) is 0 Å². The number of methoxy groups -OCH3 is 3. The zero-order chi connectivity index (χ0) is 18.4. The largest absolute Gasteiger partial charge is 0.497 e. The molecule has 0 aliphatic carbocycles. The van der Waals surface area contributed by atoms with Crippen molar-refractivity contribution < 1.29 is 22.6 Å². The molecular weight excluding hydrogens is 342 g/mol. The van der Waals surface area contributed by atoms with E-state index in [1.807, 2.05) is 24.3 Å². The van der Waals surface area contributed by atoms with Gasteiger partial charge >= 0.3 is 0 Å². The molecule has 0 radical (unpaired) electrons. The summed E-state index contributed by atoms with van der Waals surface area (Å²) >= 11 is 0. The Morgan fingerprint density at radius 3 is 2.24 bits per heavy atom. The number of sulfonamides is 1. The van der Waals surface area contributed by atoms with Gasteiger partial charge in [0.1, 0.15) is 22.1 Å². The van der Waals surface area contributed by atoms with E-state index in [-0.39, 0.29) is 10.6 Å². The number of hydrogen-bond acceptors (Lipinski definition) is 5. The molecule has 7 heteroatoms. The van der Waals surface area contributed by atoms with Crippen LogP contribution in [0.15, 0.2) is 47.4 Å². The molecule has 25 heavy (non-hydrogen) atoms. The van der Waals surface area contributed by atoms with Crippen molar-refractivity contribution in [3.63, 3.8) is 0 Å². The number of likely N-dealkylation sites (N-methyl/N-ethyl adjacent to an activating group) is 1. The highest BCUT2D eigenvalue weighted by molar-refractivity contribution is 7.89. The molecule has 136 valence electrons. The third kappa shape index (κ3) is 4.24.